The first-order chi connectivity index (χ1) is 9.20. The van der Waals surface area contributed by atoms with Crippen LogP contribution in [0.25, 0.3) is 0 Å². The van der Waals surface area contributed by atoms with Crippen molar-refractivity contribution in [3.8, 4) is 0 Å². The molecule has 0 aliphatic heterocycles. The Hall–Kier alpha value is -0.980. The van der Waals surface area contributed by atoms with Crippen molar-refractivity contribution in [2.24, 2.45) is 5.92 Å². The predicted molar refractivity (Wildman–Crippen MR) is 73.1 cm³/mol. The Bertz CT molecular complexity index is 416. The molecule has 1 aromatic rings. The van der Waals surface area contributed by atoms with Crippen LogP contribution in [0.4, 0.5) is 0 Å². The van der Waals surface area contributed by atoms with Crippen molar-refractivity contribution in [1.29, 1.82) is 0 Å². The number of rotatable bonds is 6. The first kappa shape index (κ1) is 14.4. The zero-order valence-electron chi connectivity index (χ0n) is 11.1. The Labute approximate surface area is 117 Å². The van der Waals surface area contributed by atoms with Gasteiger partial charge in [0.05, 0.1) is 12.7 Å². The van der Waals surface area contributed by atoms with E-state index in [0.717, 1.165) is 17.8 Å². The fraction of sp³-hybridized carbons (Fsp3) is 0.692. The van der Waals surface area contributed by atoms with Crippen molar-refractivity contribution in [1.82, 2.24) is 10.3 Å². The minimum absolute atomic E-state index is 0.226. The lowest BCUT2D eigenvalue weighted by atomic mass is 10.0. The Morgan fingerprint density at radius 2 is 2.37 bits per heavy atom. The second-order valence-electron chi connectivity index (χ2n) is 4.88. The normalized spacial score (nSPS) is 17.6. The summed E-state index contributed by atoms with van der Waals surface area (Å²) in [6.45, 7) is 0.725. The lowest BCUT2D eigenvalue weighted by molar-refractivity contribution is 0.0836. The number of amides is 1. The minimum Gasteiger partial charge on any atom is -0.391 e. The number of hydrogen-bond donors (Lipinski definition) is 2. The number of carbonyl (C=O) groups is 1. The van der Waals surface area contributed by atoms with Gasteiger partial charge in [-0.2, -0.15) is 0 Å². The van der Waals surface area contributed by atoms with Crippen LogP contribution in [-0.2, 0) is 11.3 Å². The number of nitrogens with zero attached hydrogens (tertiary/aromatic N) is 1. The number of nitrogens with one attached hydrogen (secondary N) is 1. The van der Waals surface area contributed by atoms with E-state index in [2.05, 4.69) is 10.3 Å². The number of hydrogen-bond acceptors (Lipinski definition) is 5. The van der Waals surface area contributed by atoms with Gasteiger partial charge in [0.25, 0.3) is 5.91 Å². The van der Waals surface area contributed by atoms with Gasteiger partial charge in [0.2, 0.25) is 0 Å². The van der Waals surface area contributed by atoms with E-state index in [1.54, 1.807) is 12.5 Å². The third-order valence-corrected chi connectivity index (χ3v) is 4.29. The molecule has 0 spiro atoms. The van der Waals surface area contributed by atoms with Gasteiger partial charge in [-0.1, -0.05) is 12.8 Å². The van der Waals surface area contributed by atoms with Crippen LogP contribution in [0.1, 0.15) is 41.2 Å². The molecule has 0 bridgehead atoms. The summed E-state index contributed by atoms with van der Waals surface area (Å²) in [5, 5.41) is 15.2. The highest BCUT2D eigenvalue weighted by molar-refractivity contribution is 7.09. The maximum absolute atomic E-state index is 11.9. The molecule has 0 radical (unpaired) electrons. The van der Waals surface area contributed by atoms with Crippen LogP contribution in [0.15, 0.2) is 5.38 Å². The van der Waals surface area contributed by atoms with E-state index in [9.17, 15) is 9.90 Å². The van der Waals surface area contributed by atoms with E-state index in [0.29, 0.717) is 24.8 Å². The molecule has 1 saturated carbocycles. The molecule has 1 aromatic heterocycles. The molecule has 19 heavy (non-hydrogen) atoms. The molecular weight excluding hydrogens is 264 g/mol. The summed E-state index contributed by atoms with van der Waals surface area (Å²) >= 11 is 1.40. The Balaban J connectivity index is 1.79. The number of thiazole rings is 1. The number of ether oxygens (including phenoxy) is 1. The van der Waals surface area contributed by atoms with E-state index >= 15 is 0 Å². The molecule has 5 nitrogen and oxygen atoms in total. The fourth-order valence-corrected chi connectivity index (χ4v) is 3.15. The molecule has 1 aliphatic carbocycles. The number of carbonyl (C=O) groups excluding carboxylic acids is 1. The minimum atomic E-state index is -0.441. The van der Waals surface area contributed by atoms with Crippen LogP contribution in [0, 0.1) is 5.92 Å². The smallest absolute Gasteiger partial charge is 0.270 e. The molecule has 2 rings (SSSR count). The van der Waals surface area contributed by atoms with Crippen LogP contribution in [0.2, 0.25) is 0 Å². The lowest BCUT2D eigenvalue weighted by Crippen LogP contribution is -2.35. The average Bonchev–Trinajstić information content (AvgIpc) is 3.06. The maximum atomic E-state index is 11.9. The third-order valence-electron chi connectivity index (χ3n) is 3.47. The highest BCUT2D eigenvalue weighted by Crippen LogP contribution is 2.27. The number of aliphatic hydroxyl groups is 1. The van der Waals surface area contributed by atoms with Gasteiger partial charge in [0.15, 0.2) is 0 Å². The third kappa shape index (κ3) is 3.99. The number of aromatic nitrogens is 1. The van der Waals surface area contributed by atoms with Crippen molar-refractivity contribution in [3.63, 3.8) is 0 Å². The topological polar surface area (TPSA) is 71.5 Å². The van der Waals surface area contributed by atoms with E-state index < -0.39 is 6.10 Å². The van der Waals surface area contributed by atoms with Gasteiger partial charge >= 0.3 is 0 Å². The van der Waals surface area contributed by atoms with Gasteiger partial charge < -0.3 is 15.2 Å². The molecule has 1 fully saturated rings. The van der Waals surface area contributed by atoms with Gasteiger partial charge in [-0.05, 0) is 18.8 Å². The van der Waals surface area contributed by atoms with Crippen molar-refractivity contribution in [2.45, 2.75) is 38.4 Å². The summed E-state index contributed by atoms with van der Waals surface area (Å²) < 4.78 is 4.96. The standard InChI is InChI=1S/C13H20N2O3S/c1-18-7-12-15-10(8-19-12)13(17)14-6-11(16)9-4-2-3-5-9/h8-9,11,16H,2-7H2,1H3,(H,14,17). The zero-order chi connectivity index (χ0) is 13.7. The number of aliphatic hydroxyl groups excluding tert-OH is 1. The van der Waals surface area contributed by atoms with Crippen LogP contribution in [0.5, 0.6) is 0 Å². The highest BCUT2D eigenvalue weighted by atomic mass is 32.1. The summed E-state index contributed by atoms with van der Waals surface area (Å²) in [5.41, 5.74) is 0.399. The summed E-state index contributed by atoms with van der Waals surface area (Å²) in [6, 6.07) is 0. The van der Waals surface area contributed by atoms with Crippen molar-refractivity contribution < 1.29 is 14.6 Å². The Kier molecular flexibility index (Phi) is 5.30. The zero-order valence-corrected chi connectivity index (χ0v) is 11.9. The quantitative estimate of drug-likeness (QED) is 0.832. The lowest BCUT2D eigenvalue weighted by Gasteiger charge is -2.17. The van der Waals surface area contributed by atoms with Crippen molar-refractivity contribution in [3.05, 3.63) is 16.1 Å². The molecule has 6 heteroatoms. The Morgan fingerprint density at radius 3 is 3.05 bits per heavy atom. The van der Waals surface area contributed by atoms with Gasteiger partial charge in [-0.3, -0.25) is 4.79 Å². The van der Waals surface area contributed by atoms with E-state index in [-0.39, 0.29) is 5.91 Å². The Morgan fingerprint density at radius 1 is 1.63 bits per heavy atom. The fourth-order valence-electron chi connectivity index (χ4n) is 2.40. The SMILES string of the molecule is COCc1nc(C(=O)NCC(O)C2CCCC2)cs1. The molecule has 1 aliphatic rings. The molecule has 106 valence electrons. The van der Waals surface area contributed by atoms with E-state index in [1.807, 2.05) is 0 Å². The molecule has 0 aromatic carbocycles. The van der Waals surface area contributed by atoms with Crippen LogP contribution >= 0.6 is 11.3 Å². The average molecular weight is 284 g/mol. The molecule has 0 saturated heterocycles. The predicted octanol–water partition coefficient (Wildman–Crippen LogP) is 1.57. The second-order valence-corrected chi connectivity index (χ2v) is 5.82. The van der Waals surface area contributed by atoms with Gasteiger partial charge in [0.1, 0.15) is 10.7 Å². The maximum Gasteiger partial charge on any atom is 0.270 e. The van der Waals surface area contributed by atoms with E-state index in [1.165, 1.54) is 24.2 Å². The molecule has 1 atom stereocenters. The largest absolute Gasteiger partial charge is 0.391 e. The first-order valence-corrected chi connectivity index (χ1v) is 7.48. The molecule has 1 amide bonds. The van der Waals surface area contributed by atoms with Crippen molar-refractivity contribution >= 4 is 17.2 Å². The monoisotopic (exact) mass is 284 g/mol. The number of methoxy groups -OCH3 is 1. The van der Waals surface area contributed by atoms with E-state index in [4.69, 9.17) is 4.74 Å². The molecule has 2 N–H and O–H groups in total. The molecular formula is C13H20N2O3S. The van der Waals surface area contributed by atoms with Gasteiger partial charge in [0, 0.05) is 19.0 Å². The summed E-state index contributed by atoms with van der Waals surface area (Å²) in [5.74, 6) is 0.107. The van der Waals surface area contributed by atoms with Gasteiger partial charge in [-0.15, -0.1) is 11.3 Å². The second kappa shape index (κ2) is 6.98. The highest BCUT2D eigenvalue weighted by Gasteiger charge is 2.23. The van der Waals surface area contributed by atoms with Crippen molar-refractivity contribution in [2.75, 3.05) is 13.7 Å². The summed E-state index contributed by atoms with van der Waals surface area (Å²) in [4.78, 5) is 16.0. The van der Waals surface area contributed by atoms with Crippen LogP contribution in [0.3, 0.4) is 0 Å². The molecule has 1 heterocycles. The van der Waals surface area contributed by atoms with Gasteiger partial charge in [-0.25, -0.2) is 4.98 Å². The van der Waals surface area contributed by atoms with Crippen LogP contribution in [-0.4, -0.2) is 35.8 Å². The first-order valence-electron chi connectivity index (χ1n) is 6.60. The summed E-state index contributed by atoms with van der Waals surface area (Å²) in [7, 11) is 1.60. The van der Waals surface area contributed by atoms with Crippen LogP contribution < -0.4 is 5.32 Å². The molecule has 1 unspecified atom stereocenters. The summed E-state index contributed by atoms with van der Waals surface area (Å²) in [6.07, 6.45) is 4.05.